The summed E-state index contributed by atoms with van der Waals surface area (Å²) in [6.45, 7) is 1.41. The molecular weight excluding hydrogens is 419 g/mol. The van der Waals surface area contributed by atoms with E-state index in [2.05, 4.69) is 10.6 Å². The number of carbonyl (C=O) groups excluding carboxylic acids is 2. The first-order chi connectivity index (χ1) is 14.6. The molecule has 11 heteroatoms. The molecule has 31 heavy (non-hydrogen) atoms. The molecule has 0 unspecified atom stereocenters. The van der Waals surface area contributed by atoms with E-state index >= 15 is 0 Å². The molecule has 3 rings (SSSR count). The van der Waals surface area contributed by atoms with Gasteiger partial charge in [0.15, 0.2) is 5.76 Å². The molecule has 0 radical (unpaired) electrons. The molecule has 3 aromatic rings. The number of alkyl halides is 3. The van der Waals surface area contributed by atoms with Crippen molar-refractivity contribution in [2.24, 2.45) is 0 Å². The number of hydrogen-bond donors (Lipinski definition) is 2. The Morgan fingerprint density at radius 1 is 1.03 bits per heavy atom. The fourth-order valence-corrected chi connectivity index (χ4v) is 2.84. The number of nitrogens with one attached hydrogen (secondary N) is 2. The van der Waals surface area contributed by atoms with Crippen molar-refractivity contribution in [3.63, 3.8) is 0 Å². The second kappa shape index (κ2) is 8.30. The minimum atomic E-state index is -4.88. The average molecular weight is 433 g/mol. The molecule has 0 fully saturated rings. The van der Waals surface area contributed by atoms with Crippen molar-refractivity contribution in [2.75, 3.05) is 10.6 Å². The van der Waals surface area contributed by atoms with Gasteiger partial charge in [-0.2, -0.15) is 13.2 Å². The summed E-state index contributed by atoms with van der Waals surface area (Å²) in [5.41, 5.74) is -2.75. The predicted molar refractivity (Wildman–Crippen MR) is 104 cm³/mol. The third-order valence-corrected chi connectivity index (χ3v) is 4.24. The Morgan fingerprint density at radius 3 is 2.39 bits per heavy atom. The van der Waals surface area contributed by atoms with Crippen LogP contribution < -0.4 is 10.6 Å². The van der Waals surface area contributed by atoms with Gasteiger partial charge in [-0.05, 0) is 43.3 Å². The molecular formula is C20H14F3N3O5. The number of rotatable bonds is 5. The second-order valence-electron chi connectivity index (χ2n) is 6.37. The van der Waals surface area contributed by atoms with Gasteiger partial charge in [-0.15, -0.1) is 0 Å². The van der Waals surface area contributed by atoms with Crippen LogP contribution in [0.25, 0.3) is 0 Å². The molecule has 0 spiro atoms. The largest absolute Gasteiger partial charge is 0.459 e. The highest BCUT2D eigenvalue weighted by atomic mass is 19.4. The standard InChI is InChI=1S/C20H14F3N3O5/c1-11-4-2-5-13(17(11)26(29)30)18(27)25-15-8-7-12(10-14(15)20(21,22)23)24-19(28)16-6-3-9-31-16/h2-10H,1H3,(H,24,28)(H,25,27). The Bertz CT molecular complexity index is 1160. The Balaban J connectivity index is 1.93. The number of amides is 2. The van der Waals surface area contributed by atoms with Crippen molar-refractivity contribution in [3.8, 4) is 0 Å². The monoisotopic (exact) mass is 433 g/mol. The lowest BCUT2D eigenvalue weighted by molar-refractivity contribution is -0.385. The van der Waals surface area contributed by atoms with Crippen molar-refractivity contribution in [1.29, 1.82) is 0 Å². The van der Waals surface area contributed by atoms with E-state index in [9.17, 15) is 32.9 Å². The molecule has 1 heterocycles. The smallest absolute Gasteiger partial charge is 0.418 e. The summed E-state index contributed by atoms with van der Waals surface area (Å²) >= 11 is 0. The number of nitro groups is 1. The lowest BCUT2D eigenvalue weighted by atomic mass is 10.1. The van der Waals surface area contributed by atoms with Gasteiger partial charge in [-0.3, -0.25) is 19.7 Å². The van der Waals surface area contributed by atoms with E-state index in [0.717, 1.165) is 18.2 Å². The summed E-state index contributed by atoms with van der Waals surface area (Å²) in [4.78, 5) is 35.0. The van der Waals surface area contributed by atoms with Crippen LogP contribution in [0.3, 0.4) is 0 Å². The highest BCUT2D eigenvalue weighted by Gasteiger charge is 2.35. The van der Waals surface area contributed by atoms with Gasteiger partial charge in [-0.25, -0.2) is 0 Å². The van der Waals surface area contributed by atoms with Gasteiger partial charge in [0.05, 0.1) is 22.4 Å². The fraction of sp³-hybridized carbons (Fsp3) is 0.100. The topological polar surface area (TPSA) is 114 Å². The van der Waals surface area contributed by atoms with Gasteiger partial charge in [-0.1, -0.05) is 12.1 Å². The van der Waals surface area contributed by atoms with E-state index in [4.69, 9.17) is 4.42 Å². The van der Waals surface area contributed by atoms with Crippen LogP contribution in [0.4, 0.5) is 30.2 Å². The molecule has 8 nitrogen and oxygen atoms in total. The van der Waals surface area contributed by atoms with E-state index in [1.54, 1.807) is 0 Å². The Labute approximate surface area is 172 Å². The lowest BCUT2D eigenvalue weighted by Crippen LogP contribution is -2.19. The summed E-state index contributed by atoms with van der Waals surface area (Å²) in [7, 11) is 0. The normalized spacial score (nSPS) is 11.1. The molecule has 0 aliphatic heterocycles. The zero-order valence-corrected chi connectivity index (χ0v) is 15.8. The number of hydrogen-bond acceptors (Lipinski definition) is 5. The molecule has 0 saturated carbocycles. The number of halogens is 3. The molecule has 1 aromatic heterocycles. The Kier molecular flexibility index (Phi) is 5.77. The molecule has 2 amide bonds. The van der Waals surface area contributed by atoms with Crippen LogP contribution in [-0.4, -0.2) is 16.7 Å². The summed E-state index contributed by atoms with van der Waals surface area (Å²) in [6, 6.07) is 9.45. The molecule has 0 bridgehead atoms. The van der Waals surface area contributed by atoms with E-state index in [-0.39, 0.29) is 22.6 Å². The zero-order chi connectivity index (χ0) is 22.8. The van der Waals surface area contributed by atoms with E-state index in [0.29, 0.717) is 6.07 Å². The first-order valence-electron chi connectivity index (χ1n) is 8.69. The van der Waals surface area contributed by atoms with Crippen LogP contribution in [-0.2, 0) is 6.18 Å². The minimum Gasteiger partial charge on any atom is -0.459 e. The maximum Gasteiger partial charge on any atom is 0.418 e. The van der Waals surface area contributed by atoms with E-state index < -0.39 is 39.9 Å². The van der Waals surface area contributed by atoms with Gasteiger partial charge in [0.2, 0.25) is 0 Å². The van der Waals surface area contributed by atoms with Crippen molar-refractivity contribution in [1.82, 2.24) is 0 Å². The summed E-state index contributed by atoms with van der Waals surface area (Å²) in [5, 5.41) is 15.6. The number of benzene rings is 2. The van der Waals surface area contributed by atoms with Crippen molar-refractivity contribution < 1.29 is 32.1 Å². The number of aryl methyl sites for hydroxylation is 1. The van der Waals surface area contributed by atoms with Gasteiger partial charge in [0, 0.05) is 11.3 Å². The zero-order valence-electron chi connectivity index (χ0n) is 15.8. The highest BCUT2D eigenvalue weighted by Crippen LogP contribution is 2.37. The summed E-state index contributed by atoms with van der Waals surface area (Å²) in [6.07, 6.45) is -3.65. The number of nitrogens with zero attached hydrogens (tertiary/aromatic N) is 1. The number of furan rings is 1. The second-order valence-corrected chi connectivity index (χ2v) is 6.37. The number of nitro benzene ring substituents is 1. The first kappa shape index (κ1) is 21.6. The first-order valence-corrected chi connectivity index (χ1v) is 8.69. The highest BCUT2D eigenvalue weighted by molar-refractivity contribution is 6.08. The number of para-hydroxylation sites is 1. The molecule has 160 valence electrons. The maximum absolute atomic E-state index is 13.6. The van der Waals surface area contributed by atoms with Crippen molar-refractivity contribution in [2.45, 2.75) is 13.1 Å². The Hall–Kier alpha value is -4.15. The molecule has 0 saturated heterocycles. The molecule has 0 atom stereocenters. The van der Waals surface area contributed by atoms with Crippen LogP contribution in [0.2, 0.25) is 0 Å². The molecule has 0 aliphatic rings. The average Bonchev–Trinajstić information content (AvgIpc) is 3.22. The minimum absolute atomic E-state index is 0.0994. The SMILES string of the molecule is Cc1cccc(C(=O)Nc2ccc(NC(=O)c3ccco3)cc2C(F)(F)F)c1[N+](=O)[O-]. The predicted octanol–water partition coefficient (Wildman–Crippen LogP) is 5.02. The Morgan fingerprint density at radius 2 is 1.77 bits per heavy atom. The van der Waals surface area contributed by atoms with Crippen LogP contribution >= 0.6 is 0 Å². The third kappa shape index (κ3) is 4.71. The van der Waals surface area contributed by atoms with Crippen LogP contribution in [0.15, 0.2) is 59.2 Å². The number of anilines is 2. The third-order valence-electron chi connectivity index (χ3n) is 4.24. The lowest BCUT2D eigenvalue weighted by Gasteiger charge is -2.16. The summed E-state index contributed by atoms with van der Waals surface area (Å²) < 4.78 is 45.6. The number of carbonyl (C=O) groups is 2. The molecule has 2 N–H and O–H groups in total. The summed E-state index contributed by atoms with van der Waals surface area (Å²) in [5.74, 6) is -1.93. The maximum atomic E-state index is 13.6. The van der Waals surface area contributed by atoms with Crippen molar-refractivity contribution in [3.05, 3.63) is 87.4 Å². The fourth-order valence-electron chi connectivity index (χ4n) is 2.84. The van der Waals surface area contributed by atoms with Crippen LogP contribution in [0, 0.1) is 17.0 Å². The van der Waals surface area contributed by atoms with Crippen LogP contribution in [0.5, 0.6) is 0 Å². The molecule has 0 aliphatic carbocycles. The van der Waals surface area contributed by atoms with Gasteiger partial charge >= 0.3 is 6.18 Å². The van der Waals surface area contributed by atoms with Crippen molar-refractivity contribution >= 4 is 28.9 Å². The van der Waals surface area contributed by atoms with Crippen LogP contribution in [0.1, 0.15) is 32.0 Å². The van der Waals surface area contributed by atoms with E-state index in [1.807, 2.05) is 0 Å². The van der Waals surface area contributed by atoms with Gasteiger partial charge in [0.1, 0.15) is 5.56 Å². The van der Waals surface area contributed by atoms with Gasteiger partial charge < -0.3 is 15.1 Å². The quantitative estimate of drug-likeness (QED) is 0.433. The van der Waals surface area contributed by atoms with E-state index in [1.165, 1.54) is 37.5 Å². The van der Waals surface area contributed by atoms with Gasteiger partial charge in [0.25, 0.3) is 17.5 Å². The molecule has 2 aromatic carbocycles.